The lowest BCUT2D eigenvalue weighted by Gasteiger charge is -2.25. The van der Waals surface area contributed by atoms with Crippen LogP contribution in [0.25, 0.3) is 0 Å². The standard InChI is InChI=1S/C23H26ClN3O4/c1-3-13-23(14-4-2)21(29)27(22(30)26-23)15-20(28)25-16-9-11-17(12-10-16)31-19-8-6-5-7-18(19)24/h5-12H,3-4,13-15H2,1-2H3,(H,25,28)(H,26,30). The van der Waals surface area contributed by atoms with Gasteiger partial charge in [0, 0.05) is 5.69 Å². The highest BCUT2D eigenvalue weighted by Gasteiger charge is 2.50. The number of rotatable bonds is 9. The van der Waals surface area contributed by atoms with E-state index in [-0.39, 0.29) is 12.5 Å². The van der Waals surface area contributed by atoms with Crippen LogP contribution in [0.3, 0.4) is 0 Å². The number of halogens is 1. The second-order valence-electron chi connectivity index (χ2n) is 7.51. The second-order valence-corrected chi connectivity index (χ2v) is 7.92. The van der Waals surface area contributed by atoms with Gasteiger partial charge in [-0.1, -0.05) is 50.4 Å². The molecule has 1 fully saturated rings. The number of benzene rings is 2. The molecule has 8 heteroatoms. The van der Waals surface area contributed by atoms with E-state index in [0.29, 0.717) is 35.1 Å². The number of nitrogens with zero attached hydrogens (tertiary/aromatic N) is 1. The molecule has 1 aliphatic rings. The highest BCUT2D eigenvalue weighted by atomic mass is 35.5. The maximum atomic E-state index is 12.9. The summed E-state index contributed by atoms with van der Waals surface area (Å²) in [6.07, 6.45) is 2.62. The number of anilines is 1. The molecular weight excluding hydrogens is 418 g/mol. The summed E-state index contributed by atoms with van der Waals surface area (Å²) in [6.45, 7) is 3.59. The first-order valence-corrected chi connectivity index (χ1v) is 10.7. The summed E-state index contributed by atoms with van der Waals surface area (Å²) in [5.41, 5.74) is -0.379. The van der Waals surface area contributed by atoms with Crippen LogP contribution >= 0.6 is 11.6 Å². The van der Waals surface area contributed by atoms with Crippen molar-refractivity contribution in [1.82, 2.24) is 10.2 Å². The van der Waals surface area contributed by atoms with Crippen molar-refractivity contribution in [2.24, 2.45) is 0 Å². The van der Waals surface area contributed by atoms with Crippen molar-refractivity contribution in [2.75, 3.05) is 11.9 Å². The normalized spacial score (nSPS) is 15.0. The molecule has 4 amide bonds. The Morgan fingerprint density at radius 3 is 2.32 bits per heavy atom. The number of urea groups is 1. The summed E-state index contributed by atoms with van der Waals surface area (Å²) in [5.74, 6) is 0.304. The third-order valence-electron chi connectivity index (χ3n) is 5.10. The molecular formula is C23H26ClN3O4. The van der Waals surface area contributed by atoms with E-state index < -0.39 is 17.5 Å². The average Bonchev–Trinajstić information content (AvgIpc) is 2.96. The first-order valence-electron chi connectivity index (χ1n) is 10.3. The molecule has 0 saturated carbocycles. The fourth-order valence-corrected chi connectivity index (χ4v) is 3.92. The monoisotopic (exact) mass is 443 g/mol. The highest BCUT2D eigenvalue weighted by Crippen LogP contribution is 2.30. The molecule has 0 atom stereocenters. The van der Waals surface area contributed by atoms with Gasteiger partial charge in [0.25, 0.3) is 5.91 Å². The maximum Gasteiger partial charge on any atom is 0.325 e. The highest BCUT2D eigenvalue weighted by molar-refractivity contribution is 6.32. The molecule has 0 unspecified atom stereocenters. The number of carbonyl (C=O) groups is 3. The number of amides is 4. The molecule has 0 spiro atoms. The minimum atomic E-state index is -0.904. The Morgan fingerprint density at radius 2 is 1.71 bits per heavy atom. The molecule has 0 radical (unpaired) electrons. The predicted molar refractivity (Wildman–Crippen MR) is 119 cm³/mol. The zero-order chi connectivity index (χ0) is 22.4. The van der Waals surface area contributed by atoms with Gasteiger partial charge in [-0.05, 0) is 49.2 Å². The van der Waals surface area contributed by atoms with Gasteiger partial charge >= 0.3 is 6.03 Å². The van der Waals surface area contributed by atoms with Crippen LogP contribution in [0, 0.1) is 0 Å². The number of hydrogen-bond acceptors (Lipinski definition) is 4. The predicted octanol–water partition coefficient (Wildman–Crippen LogP) is 4.96. The maximum absolute atomic E-state index is 12.9. The number of ether oxygens (including phenoxy) is 1. The summed E-state index contributed by atoms with van der Waals surface area (Å²) in [6, 6.07) is 13.3. The van der Waals surface area contributed by atoms with E-state index >= 15 is 0 Å². The van der Waals surface area contributed by atoms with Gasteiger partial charge in [-0.25, -0.2) is 4.79 Å². The summed E-state index contributed by atoms with van der Waals surface area (Å²) in [5, 5.41) is 6.01. The molecule has 2 N–H and O–H groups in total. The van der Waals surface area contributed by atoms with Gasteiger partial charge in [-0.3, -0.25) is 14.5 Å². The summed E-state index contributed by atoms with van der Waals surface area (Å²) in [4.78, 5) is 38.7. The molecule has 3 rings (SSSR count). The topological polar surface area (TPSA) is 87.7 Å². The lowest BCUT2D eigenvalue weighted by atomic mass is 9.88. The Morgan fingerprint density at radius 1 is 1.06 bits per heavy atom. The molecule has 7 nitrogen and oxygen atoms in total. The van der Waals surface area contributed by atoms with E-state index in [2.05, 4.69) is 10.6 Å². The van der Waals surface area contributed by atoms with E-state index in [1.165, 1.54) is 0 Å². The second kappa shape index (κ2) is 9.83. The zero-order valence-corrected chi connectivity index (χ0v) is 18.4. The van der Waals surface area contributed by atoms with Crippen molar-refractivity contribution in [3.05, 3.63) is 53.6 Å². The fraction of sp³-hybridized carbons (Fsp3) is 0.348. The van der Waals surface area contributed by atoms with E-state index in [9.17, 15) is 14.4 Å². The van der Waals surface area contributed by atoms with Crippen LogP contribution < -0.4 is 15.4 Å². The molecule has 31 heavy (non-hydrogen) atoms. The van der Waals surface area contributed by atoms with Gasteiger partial charge < -0.3 is 15.4 Å². The average molecular weight is 444 g/mol. The van der Waals surface area contributed by atoms with Gasteiger partial charge in [0.1, 0.15) is 23.6 Å². The van der Waals surface area contributed by atoms with Crippen LogP contribution in [0.4, 0.5) is 10.5 Å². The number of imide groups is 1. The third-order valence-corrected chi connectivity index (χ3v) is 5.42. The minimum Gasteiger partial charge on any atom is -0.456 e. The van der Waals surface area contributed by atoms with Crippen LogP contribution in [0.1, 0.15) is 39.5 Å². The third kappa shape index (κ3) is 5.17. The summed E-state index contributed by atoms with van der Waals surface area (Å²) >= 11 is 6.09. The Bertz CT molecular complexity index is 956. The number of nitrogens with one attached hydrogen (secondary N) is 2. The lowest BCUT2D eigenvalue weighted by Crippen LogP contribution is -2.47. The Balaban J connectivity index is 1.61. The van der Waals surface area contributed by atoms with E-state index in [1.54, 1.807) is 36.4 Å². The number of para-hydroxylation sites is 1. The smallest absolute Gasteiger partial charge is 0.325 e. The lowest BCUT2D eigenvalue weighted by molar-refractivity contribution is -0.134. The molecule has 0 bridgehead atoms. The van der Waals surface area contributed by atoms with Gasteiger partial charge in [-0.2, -0.15) is 0 Å². The first-order chi connectivity index (χ1) is 14.9. The van der Waals surface area contributed by atoms with Crippen molar-refractivity contribution < 1.29 is 19.1 Å². The first kappa shape index (κ1) is 22.6. The molecule has 1 aliphatic heterocycles. The number of hydrogen-bond donors (Lipinski definition) is 2. The largest absolute Gasteiger partial charge is 0.456 e. The van der Waals surface area contributed by atoms with Crippen molar-refractivity contribution in [1.29, 1.82) is 0 Å². The van der Waals surface area contributed by atoms with Crippen LogP contribution in [0.5, 0.6) is 11.5 Å². The summed E-state index contributed by atoms with van der Waals surface area (Å²) < 4.78 is 5.72. The molecule has 0 aromatic heterocycles. The van der Waals surface area contributed by atoms with Gasteiger partial charge in [0.05, 0.1) is 5.02 Å². The van der Waals surface area contributed by atoms with E-state index in [0.717, 1.165) is 17.7 Å². The molecule has 2 aromatic carbocycles. The van der Waals surface area contributed by atoms with Crippen molar-refractivity contribution in [2.45, 2.75) is 45.1 Å². The molecule has 164 valence electrons. The Kier molecular flexibility index (Phi) is 7.17. The van der Waals surface area contributed by atoms with Crippen molar-refractivity contribution >= 4 is 35.1 Å². The van der Waals surface area contributed by atoms with Crippen molar-refractivity contribution in [3.8, 4) is 11.5 Å². The molecule has 0 aliphatic carbocycles. The van der Waals surface area contributed by atoms with Gasteiger partial charge in [0.15, 0.2) is 0 Å². The number of carbonyl (C=O) groups excluding carboxylic acids is 3. The molecule has 1 saturated heterocycles. The van der Waals surface area contributed by atoms with Gasteiger partial charge in [-0.15, -0.1) is 0 Å². The Labute approximate surface area is 186 Å². The zero-order valence-electron chi connectivity index (χ0n) is 17.6. The van der Waals surface area contributed by atoms with Gasteiger partial charge in [0.2, 0.25) is 5.91 Å². The Hall–Kier alpha value is -3.06. The SMILES string of the molecule is CCCC1(CCC)NC(=O)N(CC(=O)Nc2ccc(Oc3ccccc3Cl)cc2)C1=O. The van der Waals surface area contributed by atoms with Crippen molar-refractivity contribution in [3.63, 3.8) is 0 Å². The van der Waals surface area contributed by atoms with Crippen LogP contribution in [0.15, 0.2) is 48.5 Å². The molecule has 1 heterocycles. The van der Waals surface area contributed by atoms with Crippen LogP contribution in [-0.4, -0.2) is 34.8 Å². The minimum absolute atomic E-state index is 0.333. The molecule has 2 aromatic rings. The van der Waals surface area contributed by atoms with E-state index in [4.69, 9.17) is 16.3 Å². The van der Waals surface area contributed by atoms with E-state index in [1.807, 2.05) is 26.0 Å². The quantitative estimate of drug-likeness (QED) is 0.536. The van der Waals surface area contributed by atoms with Crippen LogP contribution in [-0.2, 0) is 9.59 Å². The summed E-state index contributed by atoms with van der Waals surface area (Å²) in [7, 11) is 0. The fourth-order valence-electron chi connectivity index (χ4n) is 3.74. The van der Waals surface area contributed by atoms with Crippen LogP contribution in [0.2, 0.25) is 5.02 Å².